The van der Waals surface area contributed by atoms with Crippen LogP contribution in [0.25, 0.3) is 10.6 Å². The Kier molecular flexibility index (Phi) is 3.99. The van der Waals surface area contributed by atoms with E-state index in [1.165, 1.54) is 23.5 Å². The van der Waals surface area contributed by atoms with Gasteiger partial charge in [-0.25, -0.2) is 15.0 Å². The average Bonchev–Trinajstić information content (AvgIpc) is 2.94. The molecule has 0 fully saturated rings. The molecular weight excluding hydrogens is 325 g/mol. The minimum absolute atomic E-state index is 0.230. The fourth-order valence-electron chi connectivity index (χ4n) is 1.94. The first-order chi connectivity index (χ1) is 10.9. The summed E-state index contributed by atoms with van der Waals surface area (Å²) < 4.78 is 38.2. The highest BCUT2D eigenvalue weighted by atomic mass is 32.1. The molecule has 2 heterocycles. The molecule has 0 spiro atoms. The van der Waals surface area contributed by atoms with Gasteiger partial charge in [0.15, 0.2) is 0 Å². The Hall–Kier alpha value is -2.48. The van der Waals surface area contributed by atoms with Gasteiger partial charge in [0.25, 0.3) is 0 Å². The number of alkyl halides is 3. The second-order valence-electron chi connectivity index (χ2n) is 4.71. The van der Waals surface area contributed by atoms with Gasteiger partial charge in [-0.15, -0.1) is 11.3 Å². The standard InChI is InChI=1S/C15H11F3N4S/c1-9-20-8-13(23-9)12-5-6-19-14(22-12)21-11-4-2-3-10(7-11)15(16,17)18/h2-8H,1H3,(H,19,21,22). The predicted molar refractivity (Wildman–Crippen MR) is 82.6 cm³/mol. The average molecular weight is 336 g/mol. The number of hydrogen-bond donors (Lipinski definition) is 1. The number of hydrogen-bond acceptors (Lipinski definition) is 5. The fourth-order valence-corrected chi connectivity index (χ4v) is 2.69. The molecule has 0 aliphatic heterocycles. The Morgan fingerprint density at radius 2 is 1.96 bits per heavy atom. The zero-order valence-corrected chi connectivity index (χ0v) is 12.7. The lowest BCUT2D eigenvalue weighted by atomic mass is 10.2. The van der Waals surface area contributed by atoms with E-state index < -0.39 is 11.7 Å². The maximum atomic E-state index is 12.7. The number of nitrogens with one attached hydrogen (secondary N) is 1. The minimum atomic E-state index is -4.39. The van der Waals surface area contributed by atoms with Crippen LogP contribution in [0.3, 0.4) is 0 Å². The summed E-state index contributed by atoms with van der Waals surface area (Å²) in [5.41, 5.74) is 0.217. The minimum Gasteiger partial charge on any atom is -0.324 e. The molecule has 0 radical (unpaired) electrons. The van der Waals surface area contributed by atoms with Crippen LogP contribution in [0, 0.1) is 6.92 Å². The second kappa shape index (κ2) is 5.96. The molecule has 3 rings (SSSR count). The van der Waals surface area contributed by atoms with Gasteiger partial charge in [0.05, 0.1) is 21.1 Å². The molecule has 0 atom stereocenters. The van der Waals surface area contributed by atoms with E-state index >= 15 is 0 Å². The molecule has 0 amide bonds. The number of anilines is 2. The van der Waals surface area contributed by atoms with Crippen LogP contribution >= 0.6 is 11.3 Å². The van der Waals surface area contributed by atoms with E-state index in [1.54, 1.807) is 18.5 Å². The fraction of sp³-hybridized carbons (Fsp3) is 0.133. The van der Waals surface area contributed by atoms with Crippen molar-refractivity contribution in [2.75, 3.05) is 5.32 Å². The summed E-state index contributed by atoms with van der Waals surface area (Å²) in [4.78, 5) is 13.4. The summed E-state index contributed by atoms with van der Waals surface area (Å²) >= 11 is 1.48. The van der Waals surface area contributed by atoms with E-state index in [9.17, 15) is 13.2 Å². The molecule has 0 unspecified atom stereocenters. The molecule has 4 nitrogen and oxygen atoms in total. The van der Waals surface area contributed by atoms with Crippen molar-refractivity contribution in [2.45, 2.75) is 13.1 Å². The van der Waals surface area contributed by atoms with Crippen molar-refractivity contribution in [2.24, 2.45) is 0 Å². The molecule has 23 heavy (non-hydrogen) atoms. The number of aromatic nitrogens is 3. The molecule has 0 aliphatic carbocycles. The first kappa shape index (κ1) is 15.4. The second-order valence-corrected chi connectivity index (χ2v) is 5.95. The molecule has 0 aliphatic rings. The van der Waals surface area contributed by atoms with Crippen molar-refractivity contribution in [1.29, 1.82) is 0 Å². The monoisotopic (exact) mass is 336 g/mol. The van der Waals surface area contributed by atoms with Crippen LogP contribution in [-0.4, -0.2) is 15.0 Å². The van der Waals surface area contributed by atoms with Crippen LogP contribution < -0.4 is 5.32 Å². The molecule has 118 valence electrons. The lowest BCUT2D eigenvalue weighted by Gasteiger charge is -2.10. The smallest absolute Gasteiger partial charge is 0.324 e. The van der Waals surface area contributed by atoms with Crippen molar-refractivity contribution in [3.05, 3.63) is 53.3 Å². The summed E-state index contributed by atoms with van der Waals surface area (Å²) in [6.45, 7) is 1.89. The van der Waals surface area contributed by atoms with Crippen LogP contribution in [0.15, 0.2) is 42.7 Å². The van der Waals surface area contributed by atoms with Gasteiger partial charge >= 0.3 is 6.18 Å². The highest BCUT2D eigenvalue weighted by molar-refractivity contribution is 7.15. The number of thiazole rings is 1. The highest BCUT2D eigenvalue weighted by Crippen LogP contribution is 2.31. The van der Waals surface area contributed by atoms with Crippen LogP contribution in [0.1, 0.15) is 10.6 Å². The molecule has 0 saturated heterocycles. The lowest BCUT2D eigenvalue weighted by molar-refractivity contribution is -0.137. The van der Waals surface area contributed by atoms with Gasteiger partial charge in [-0.1, -0.05) is 6.07 Å². The Bertz CT molecular complexity index is 829. The summed E-state index contributed by atoms with van der Waals surface area (Å²) in [5, 5.41) is 3.70. The Labute approximate surface area is 134 Å². The van der Waals surface area contributed by atoms with E-state index in [0.29, 0.717) is 5.69 Å². The number of nitrogens with zero attached hydrogens (tertiary/aromatic N) is 3. The van der Waals surface area contributed by atoms with Crippen molar-refractivity contribution in [1.82, 2.24) is 15.0 Å². The summed E-state index contributed by atoms with van der Waals surface area (Å²) in [6.07, 6.45) is -1.13. The Morgan fingerprint density at radius 1 is 1.13 bits per heavy atom. The van der Waals surface area contributed by atoms with Crippen LogP contribution in [0.4, 0.5) is 24.8 Å². The zero-order chi connectivity index (χ0) is 16.4. The number of benzene rings is 1. The molecule has 0 saturated carbocycles. The molecule has 8 heteroatoms. The third-order valence-corrected chi connectivity index (χ3v) is 3.91. The third kappa shape index (κ3) is 3.65. The van der Waals surface area contributed by atoms with Crippen molar-refractivity contribution >= 4 is 23.0 Å². The molecule has 3 aromatic rings. The Morgan fingerprint density at radius 3 is 2.65 bits per heavy atom. The largest absolute Gasteiger partial charge is 0.416 e. The first-order valence-corrected chi connectivity index (χ1v) is 7.43. The summed E-state index contributed by atoms with van der Waals surface area (Å²) in [5.74, 6) is 0.230. The van der Waals surface area contributed by atoms with E-state index in [-0.39, 0.29) is 11.6 Å². The van der Waals surface area contributed by atoms with Crippen molar-refractivity contribution < 1.29 is 13.2 Å². The quantitative estimate of drug-likeness (QED) is 0.755. The van der Waals surface area contributed by atoms with Gasteiger partial charge in [0.1, 0.15) is 0 Å². The number of halogens is 3. The third-order valence-electron chi connectivity index (χ3n) is 2.98. The topological polar surface area (TPSA) is 50.7 Å². The molecule has 1 aromatic carbocycles. The van der Waals surface area contributed by atoms with Crippen molar-refractivity contribution in [3.8, 4) is 10.6 Å². The van der Waals surface area contributed by atoms with Crippen molar-refractivity contribution in [3.63, 3.8) is 0 Å². The molecule has 0 bridgehead atoms. The number of rotatable bonds is 3. The SMILES string of the molecule is Cc1ncc(-c2ccnc(Nc3cccc(C(F)(F)F)c3)n2)s1. The number of aryl methyl sites for hydroxylation is 1. The van der Waals surface area contributed by atoms with E-state index in [1.807, 2.05) is 6.92 Å². The van der Waals surface area contributed by atoms with Gasteiger partial charge in [0.2, 0.25) is 5.95 Å². The highest BCUT2D eigenvalue weighted by Gasteiger charge is 2.30. The lowest BCUT2D eigenvalue weighted by Crippen LogP contribution is -2.05. The summed E-state index contributed by atoms with van der Waals surface area (Å²) in [6, 6.07) is 6.63. The van der Waals surface area contributed by atoms with Gasteiger partial charge < -0.3 is 5.32 Å². The van der Waals surface area contributed by atoms with Crippen LogP contribution in [-0.2, 0) is 6.18 Å². The Balaban J connectivity index is 1.86. The van der Waals surface area contributed by atoms with Crippen LogP contribution in [0.5, 0.6) is 0 Å². The van der Waals surface area contributed by atoms with Gasteiger partial charge in [-0.3, -0.25) is 0 Å². The summed E-state index contributed by atoms with van der Waals surface area (Å²) in [7, 11) is 0. The molecule has 2 aromatic heterocycles. The van der Waals surface area contributed by atoms with Gasteiger partial charge in [0, 0.05) is 18.1 Å². The maximum absolute atomic E-state index is 12.7. The zero-order valence-electron chi connectivity index (χ0n) is 11.9. The van der Waals surface area contributed by atoms with Crippen LogP contribution in [0.2, 0.25) is 0 Å². The van der Waals surface area contributed by atoms with Gasteiger partial charge in [-0.2, -0.15) is 13.2 Å². The molecular formula is C15H11F3N4S. The van der Waals surface area contributed by atoms with E-state index in [4.69, 9.17) is 0 Å². The van der Waals surface area contributed by atoms with Gasteiger partial charge in [-0.05, 0) is 31.2 Å². The first-order valence-electron chi connectivity index (χ1n) is 6.62. The van der Waals surface area contributed by atoms with E-state index in [0.717, 1.165) is 22.0 Å². The normalized spacial score (nSPS) is 11.5. The maximum Gasteiger partial charge on any atom is 0.416 e. The molecule has 1 N–H and O–H groups in total. The van der Waals surface area contributed by atoms with E-state index in [2.05, 4.69) is 20.3 Å². The predicted octanol–water partition coefficient (Wildman–Crippen LogP) is 4.67.